The van der Waals surface area contributed by atoms with Crippen molar-refractivity contribution in [2.45, 2.75) is 19.9 Å². The van der Waals surface area contributed by atoms with E-state index in [9.17, 15) is 0 Å². The molecule has 0 amide bonds. The molecule has 1 N–H and O–H groups in total. The van der Waals surface area contributed by atoms with Crippen molar-refractivity contribution in [3.05, 3.63) is 42.5 Å². The van der Waals surface area contributed by atoms with Crippen molar-refractivity contribution in [3.8, 4) is 5.75 Å². The van der Waals surface area contributed by atoms with Crippen LogP contribution in [0, 0.1) is 0 Å². The van der Waals surface area contributed by atoms with Gasteiger partial charge in [-0.3, -0.25) is 0 Å². The minimum atomic E-state index is 0.677. The van der Waals surface area contributed by atoms with Gasteiger partial charge in [0.1, 0.15) is 0 Å². The van der Waals surface area contributed by atoms with Gasteiger partial charge in [0.25, 0.3) is 0 Å². The summed E-state index contributed by atoms with van der Waals surface area (Å²) in [6, 6.07) is 5.71. The van der Waals surface area contributed by atoms with Crippen LogP contribution in [0.3, 0.4) is 0 Å². The van der Waals surface area contributed by atoms with E-state index in [0.29, 0.717) is 13.2 Å². The maximum Gasteiger partial charge on any atom is 0.169 e. The summed E-state index contributed by atoms with van der Waals surface area (Å²) >= 11 is 0. The van der Waals surface area contributed by atoms with E-state index in [2.05, 4.69) is 17.2 Å². The molecular weight excluding hydrogens is 216 g/mol. The topological polar surface area (TPSA) is 47.3 Å². The van der Waals surface area contributed by atoms with Crippen molar-refractivity contribution in [1.29, 1.82) is 0 Å². The summed E-state index contributed by atoms with van der Waals surface area (Å²) in [5.41, 5.74) is 1.08. The molecule has 2 heterocycles. The van der Waals surface area contributed by atoms with Gasteiger partial charge >= 0.3 is 0 Å². The van der Waals surface area contributed by atoms with E-state index in [4.69, 9.17) is 9.15 Å². The molecular formula is C13H16N2O2. The van der Waals surface area contributed by atoms with Crippen LogP contribution in [-0.2, 0) is 6.54 Å². The van der Waals surface area contributed by atoms with Gasteiger partial charge in [0.05, 0.1) is 19.1 Å². The van der Waals surface area contributed by atoms with Crippen LogP contribution in [0.2, 0.25) is 0 Å². The quantitative estimate of drug-likeness (QED) is 0.831. The monoisotopic (exact) mass is 232 g/mol. The number of ether oxygens (including phenoxy) is 1. The van der Waals surface area contributed by atoms with Crippen LogP contribution in [0.5, 0.6) is 5.75 Å². The molecule has 4 heteroatoms. The van der Waals surface area contributed by atoms with Gasteiger partial charge in [0.15, 0.2) is 11.6 Å². The molecule has 0 unspecified atom stereocenters. The summed E-state index contributed by atoms with van der Waals surface area (Å²) < 4.78 is 10.6. The predicted octanol–water partition coefficient (Wildman–Crippen LogP) is 3.08. The molecule has 0 saturated heterocycles. The largest absolute Gasteiger partial charge is 0.490 e. The Morgan fingerprint density at radius 3 is 3.12 bits per heavy atom. The van der Waals surface area contributed by atoms with Crippen molar-refractivity contribution < 1.29 is 9.15 Å². The fraction of sp³-hybridized carbons (Fsp3) is 0.308. The average Bonchev–Trinajstić information content (AvgIpc) is 2.88. The van der Waals surface area contributed by atoms with Crippen LogP contribution in [0.4, 0.5) is 5.82 Å². The van der Waals surface area contributed by atoms with Gasteiger partial charge < -0.3 is 14.5 Å². The molecule has 2 rings (SSSR count). The minimum absolute atomic E-state index is 0.677. The summed E-state index contributed by atoms with van der Waals surface area (Å²) in [5.74, 6) is 1.56. The van der Waals surface area contributed by atoms with E-state index >= 15 is 0 Å². The highest BCUT2D eigenvalue weighted by molar-refractivity contribution is 5.49. The molecule has 0 aliphatic rings. The Labute approximate surface area is 101 Å². The number of nitrogens with one attached hydrogen (secondary N) is 1. The van der Waals surface area contributed by atoms with Crippen LogP contribution in [0.25, 0.3) is 0 Å². The van der Waals surface area contributed by atoms with Crippen molar-refractivity contribution >= 4 is 5.82 Å². The third-order valence-corrected chi connectivity index (χ3v) is 2.27. The van der Waals surface area contributed by atoms with Gasteiger partial charge in [0, 0.05) is 18.3 Å². The lowest BCUT2D eigenvalue weighted by Crippen LogP contribution is -2.04. The Morgan fingerprint density at radius 1 is 1.41 bits per heavy atom. The molecule has 0 fully saturated rings. The van der Waals surface area contributed by atoms with E-state index in [-0.39, 0.29) is 0 Å². The van der Waals surface area contributed by atoms with E-state index < -0.39 is 0 Å². The van der Waals surface area contributed by atoms with E-state index in [1.807, 2.05) is 18.2 Å². The van der Waals surface area contributed by atoms with Crippen LogP contribution >= 0.6 is 0 Å². The number of hydrogen-bond donors (Lipinski definition) is 1. The molecule has 0 saturated carbocycles. The summed E-state index contributed by atoms with van der Waals surface area (Å²) in [5, 5.41) is 3.23. The van der Waals surface area contributed by atoms with Gasteiger partial charge in [-0.1, -0.05) is 6.92 Å². The Morgan fingerprint density at radius 2 is 2.35 bits per heavy atom. The first-order chi connectivity index (χ1) is 8.40. The summed E-state index contributed by atoms with van der Waals surface area (Å²) in [6.45, 7) is 3.46. The molecule has 17 heavy (non-hydrogen) atoms. The zero-order chi connectivity index (χ0) is 11.9. The zero-order valence-electron chi connectivity index (χ0n) is 9.85. The Hall–Kier alpha value is -1.97. The maximum atomic E-state index is 5.61. The Kier molecular flexibility index (Phi) is 4.02. The van der Waals surface area contributed by atoms with Crippen LogP contribution in [0.1, 0.15) is 18.9 Å². The molecule has 0 spiro atoms. The average molecular weight is 232 g/mol. The van der Waals surface area contributed by atoms with Crippen molar-refractivity contribution in [2.75, 3.05) is 11.9 Å². The summed E-state index contributed by atoms with van der Waals surface area (Å²) in [7, 11) is 0. The lowest BCUT2D eigenvalue weighted by atomic mass is 10.3. The molecule has 0 atom stereocenters. The lowest BCUT2D eigenvalue weighted by molar-refractivity contribution is 0.318. The van der Waals surface area contributed by atoms with Gasteiger partial charge in [0.2, 0.25) is 0 Å². The molecule has 0 radical (unpaired) electrons. The number of nitrogens with zero attached hydrogens (tertiary/aromatic N) is 1. The third kappa shape index (κ3) is 3.24. The molecule has 0 aromatic carbocycles. The van der Waals surface area contributed by atoms with Crippen LogP contribution in [-0.4, -0.2) is 11.6 Å². The first-order valence-corrected chi connectivity index (χ1v) is 5.73. The smallest absolute Gasteiger partial charge is 0.169 e. The Bertz CT molecular complexity index is 440. The second-order valence-corrected chi connectivity index (χ2v) is 3.68. The maximum absolute atomic E-state index is 5.61. The molecule has 2 aromatic heterocycles. The number of aromatic nitrogens is 1. The van der Waals surface area contributed by atoms with E-state index in [0.717, 1.165) is 23.6 Å². The number of hydrogen-bond acceptors (Lipinski definition) is 4. The molecule has 90 valence electrons. The first-order valence-electron chi connectivity index (χ1n) is 5.73. The fourth-order valence-electron chi connectivity index (χ4n) is 1.43. The van der Waals surface area contributed by atoms with E-state index in [1.54, 1.807) is 18.7 Å². The van der Waals surface area contributed by atoms with Crippen molar-refractivity contribution in [2.24, 2.45) is 0 Å². The Balaban J connectivity index is 1.99. The van der Waals surface area contributed by atoms with Crippen molar-refractivity contribution in [3.63, 3.8) is 0 Å². The highest BCUT2D eigenvalue weighted by Gasteiger charge is 2.04. The standard InChI is InChI=1S/C13H16N2O2/c1-2-7-17-12-4-3-6-14-13(12)15-9-11-5-8-16-10-11/h3-6,8,10H,2,7,9H2,1H3,(H,14,15). The SMILES string of the molecule is CCCOc1cccnc1NCc1ccoc1. The van der Waals surface area contributed by atoms with Crippen molar-refractivity contribution in [1.82, 2.24) is 4.98 Å². The highest BCUT2D eigenvalue weighted by atomic mass is 16.5. The zero-order valence-corrected chi connectivity index (χ0v) is 9.85. The minimum Gasteiger partial charge on any atom is -0.490 e. The number of pyridine rings is 1. The first kappa shape index (κ1) is 11.5. The predicted molar refractivity (Wildman–Crippen MR) is 66.1 cm³/mol. The molecule has 4 nitrogen and oxygen atoms in total. The number of furan rings is 1. The number of anilines is 1. The van der Waals surface area contributed by atoms with Gasteiger partial charge in [-0.15, -0.1) is 0 Å². The summed E-state index contributed by atoms with van der Waals surface area (Å²) in [4.78, 5) is 4.26. The van der Waals surface area contributed by atoms with Gasteiger partial charge in [-0.25, -0.2) is 4.98 Å². The molecule has 2 aromatic rings. The second-order valence-electron chi connectivity index (χ2n) is 3.68. The number of rotatable bonds is 6. The van der Waals surface area contributed by atoms with Crippen LogP contribution < -0.4 is 10.1 Å². The third-order valence-electron chi connectivity index (χ3n) is 2.27. The lowest BCUT2D eigenvalue weighted by Gasteiger charge is -2.10. The summed E-state index contributed by atoms with van der Waals surface area (Å²) in [6.07, 6.45) is 6.10. The second kappa shape index (κ2) is 5.94. The van der Waals surface area contributed by atoms with E-state index in [1.165, 1.54) is 0 Å². The molecule has 0 bridgehead atoms. The highest BCUT2D eigenvalue weighted by Crippen LogP contribution is 2.21. The molecule has 0 aliphatic carbocycles. The molecule has 0 aliphatic heterocycles. The fourth-order valence-corrected chi connectivity index (χ4v) is 1.43. The normalized spacial score (nSPS) is 10.2. The van der Waals surface area contributed by atoms with Crippen LogP contribution in [0.15, 0.2) is 41.3 Å². The van der Waals surface area contributed by atoms with Gasteiger partial charge in [-0.2, -0.15) is 0 Å². The van der Waals surface area contributed by atoms with Gasteiger partial charge in [-0.05, 0) is 24.6 Å².